The van der Waals surface area contributed by atoms with E-state index < -0.39 is 21.6 Å². The number of nitrogens with one attached hydrogen (secondary N) is 2. The molecule has 6 rings (SSSR count). The average Bonchev–Trinajstić information content (AvgIpc) is 3.64. The number of methoxy groups -OCH3 is 2. The van der Waals surface area contributed by atoms with E-state index in [9.17, 15) is 8.42 Å². The summed E-state index contributed by atoms with van der Waals surface area (Å²) in [4.78, 5) is 23.5. The molecule has 216 valence electrons. The van der Waals surface area contributed by atoms with E-state index in [1.807, 2.05) is 74.5 Å². The Morgan fingerprint density at radius 1 is 0.762 bits per heavy atom. The second-order valence-electron chi connectivity index (χ2n) is 9.33. The van der Waals surface area contributed by atoms with Crippen molar-refractivity contribution < 1.29 is 17.9 Å². The Labute approximate surface area is 247 Å². The first-order valence-electron chi connectivity index (χ1n) is 13.0. The van der Waals surface area contributed by atoms with Crippen LogP contribution in [0.15, 0.2) is 83.4 Å². The second kappa shape index (κ2) is 13.0. The average molecular weight is 603 g/mol. The number of benzene rings is 2. The monoisotopic (exact) mass is 602 g/mol. The summed E-state index contributed by atoms with van der Waals surface area (Å²) in [6.45, 7) is 3.86. The van der Waals surface area contributed by atoms with Crippen LogP contribution < -0.4 is 9.47 Å². The first-order chi connectivity index (χ1) is 20.4. The molecule has 0 bridgehead atoms. The number of H-pyrrole nitrogens is 2. The number of para-hydroxylation sites is 2. The van der Waals surface area contributed by atoms with E-state index in [-0.39, 0.29) is 5.75 Å². The van der Waals surface area contributed by atoms with Gasteiger partial charge < -0.3 is 19.4 Å². The molecule has 42 heavy (non-hydrogen) atoms. The van der Waals surface area contributed by atoms with Crippen molar-refractivity contribution in [3.63, 3.8) is 0 Å². The van der Waals surface area contributed by atoms with Crippen LogP contribution in [0.25, 0.3) is 22.1 Å². The number of nitrogens with zero attached hydrogens (tertiary/aromatic N) is 4. The van der Waals surface area contributed by atoms with Crippen molar-refractivity contribution in [3.8, 4) is 11.5 Å². The van der Waals surface area contributed by atoms with E-state index in [0.717, 1.165) is 56.1 Å². The van der Waals surface area contributed by atoms with Gasteiger partial charge in [-0.25, -0.2) is 9.97 Å². The van der Waals surface area contributed by atoms with Crippen LogP contribution in [-0.2, 0) is 33.1 Å². The molecule has 0 fully saturated rings. The fourth-order valence-corrected chi connectivity index (χ4v) is 6.43. The highest BCUT2D eigenvalue weighted by atomic mass is 32.2. The number of fused-ring (bicyclic) bond motifs is 2. The molecule has 0 radical (unpaired) electrons. The number of aryl methyl sites for hydroxylation is 1. The summed E-state index contributed by atoms with van der Waals surface area (Å²) in [5, 5.41) is 0.931. The van der Waals surface area contributed by atoms with Crippen LogP contribution in [0.1, 0.15) is 22.5 Å². The lowest BCUT2D eigenvalue weighted by atomic mass is 10.1. The van der Waals surface area contributed by atoms with Crippen molar-refractivity contribution in [3.05, 3.63) is 95.6 Å². The highest BCUT2D eigenvalue weighted by Gasteiger charge is 2.16. The molecule has 2 aromatic carbocycles. The largest absolute Gasteiger partial charge is 0.497 e. The lowest BCUT2D eigenvalue weighted by Gasteiger charge is -2.11. The number of rotatable bonds is 8. The van der Waals surface area contributed by atoms with Crippen LogP contribution in [0.2, 0.25) is 0 Å². The van der Waals surface area contributed by atoms with Gasteiger partial charge in [0.05, 0.1) is 80.8 Å². The number of hydrogen-bond donors (Lipinski definition) is 2. The molecule has 2 unspecified atom stereocenters. The minimum Gasteiger partial charge on any atom is -0.497 e. The van der Waals surface area contributed by atoms with E-state index in [2.05, 4.69) is 29.9 Å². The molecule has 0 saturated carbocycles. The normalized spacial score (nSPS) is 12.5. The van der Waals surface area contributed by atoms with Gasteiger partial charge in [-0.1, -0.05) is 18.2 Å². The summed E-state index contributed by atoms with van der Waals surface area (Å²) in [5.41, 5.74) is 6.70. The van der Waals surface area contributed by atoms with Crippen molar-refractivity contribution in [1.29, 1.82) is 0 Å². The Morgan fingerprint density at radius 2 is 1.45 bits per heavy atom. The molecule has 12 heteroatoms. The van der Waals surface area contributed by atoms with E-state index in [0.29, 0.717) is 16.1 Å². The molecule has 10 nitrogen and oxygen atoms in total. The molecular formula is C30H30N6O4S2. The summed E-state index contributed by atoms with van der Waals surface area (Å²) in [5.74, 6) is 2.16. The van der Waals surface area contributed by atoms with Crippen LogP contribution in [0.5, 0.6) is 11.5 Å². The predicted molar refractivity (Wildman–Crippen MR) is 163 cm³/mol. The standard InChI is InChI=1S/C17H19N3O3S.C13H11N3OS/c1-10-8-18-15(11(2)16(10)23-4)9-24(21)17-19-13-6-5-12(22-3)7-14(13)20-17;17-18(9-10-5-3-4-8-14-10)13-15-11-6-1-2-7-12(11)16-13/h5-8H,9H2,1-4H3,(H,19,20);1-8H,9H2,(H,15,16). The molecule has 0 aliphatic heterocycles. The van der Waals surface area contributed by atoms with Gasteiger partial charge in [0.2, 0.25) is 0 Å². The van der Waals surface area contributed by atoms with E-state index in [4.69, 9.17) is 9.47 Å². The van der Waals surface area contributed by atoms with Gasteiger partial charge in [-0.05, 0) is 50.2 Å². The first kappa shape index (κ1) is 29.1. The van der Waals surface area contributed by atoms with Crippen LogP contribution >= 0.6 is 0 Å². The summed E-state index contributed by atoms with van der Waals surface area (Å²) in [7, 11) is 0.710. The van der Waals surface area contributed by atoms with Gasteiger partial charge in [0, 0.05) is 29.6 Å². The predicted octanol–water partition coefficient (Wildman–Crippen LogP) is 5.17. The van der Waals surface area contributed by atoms with Gasteiger partial charge in [0.15, 0.2) is 10.3 Å². The Balaban J connectivity index is 0.000000175. The zero-order chi connectivity index (χ0) is 29.6. The Bertz CT molecular complexity index is 1850. The van der Waals surface area contributed by atoms with Crippen molar-refractivity contribution in [2.75, 3.05) is 14.2 Å². The first-order valence-corrected chi connectivity index (χ1v) is 15.6. The SMILES string of the molecule is COc1ccc2nc(S(=O)Cc3ncc(C)c(OC)c3C)[nH]c2c1.O=S(Cc1ccccn1)c1nc2ccccc2[nH]1. The maximum atomic E-state index is 12.7. The number of aromatic amines is 2. The number of aromatic nitrogens is 6. The maximum absolute atomic E-state index is 12.7. The molecule has 0 saturated heterocycles. The lowest BCUT2D eigenvalue weighted by molar-refractivity contribution is 0.407. The smallest absolute Gasteiger partial charge is 0.197 e. The maximum Gasteiger partial charge on any atom is 0.197 e. The summed E-state index contributed by atoms with van der Waals surface area (Å²) >= 11 is 0. The molecule has 0 aliphatic rings. The molecule has 4 heterocycles. The molecule has 4 aromatic heterocycles. The number of ether oxygens (including phenoxy) is 2. The minimum atomic E-state index is -1.33. The van der Waals surface area contributed by atoms with E-state index >= 15 is 0 Å². The van der Waals surface area contributed by atoms with E-state index in [1.54, 1.807) is 26.6 Å². The third-order valence-corrected chi connectivity index (χ3v) is 8.83. The minimum absolute atomic E-state index is 0.277. The molecular weight excluding hydrogens is 573 g/mol. The molecule has 2 atom stereocenters. The molecule has 6 aromatic rings. The third-order valence-electron chi connectivity index (χ3n) is 6.49. The lowest BCUT2D eigenvalue weighted by Crippen LogP contribution is -2.05. The third kappa shape index (κ3) is 6.55. The van der Waals surface area contributed by atoms with Crippen LogP contribution in [0, 0.1) is 13.8 Å². The molecule has 0 spiro atoms. The summed E-state index contributed by atoms with van der Waals surface area (Å²) in [6.07, 6.45) is 3.44. The van der Waals surface area contributed by atoms with Crippen molar-refractivity contribution in [2.24, 2.45) is 0 Å². The zero-order valence-corrected chi connectivity index (χ0v) is 25.2. The van der Waals surface area contributed by atoms with Crippen molar-refractivity contribution in [1.82, 2.24) is 29.9 Å². The summed E-state index contributed by atoms with van der Waals surface area (Å²) < 4.78 is 35.4. The van der Waals surface area contributed by atoms with Crippen LogP contribution in [-0.4, -0.2) is 52.5 Å². The highest BCUT2D eigenvalue weighted by Crippen LogP contribution is 2.26. The van der Waals surface area contributed by atoms with Gasteiger partial charge in [-0.3, -0.25) is 18.4 Å². The fraction of sp³-hybridized carbons (Fsp3) is 0.200. The van der Waals surface area contributed by atoms with Gasteiger partial charge in [0.1, 0.15) is 11.5 Å². The number of hydrogen-bond acceptors (Lipinski definition) is 8. The summed E-state index contributed by atoms with van der Waals surface area (Å²) in [6, 6.07) is 18.7. The fourth-order valence-electron chi connectivity index (χ4n) is 4.33. The molecule has 2 N–H and O–H groups in total. The van der Waals surface area contributed by atoms with Crippen LogP contribution in [0.3, 0.4) is 0 Å². The Hall–Kier alpha value is -4.42. The second-order valence-corrected chi connectivity index (χ2v) is 12.1. The molecule has 0 aliphatic carbocycles. The quantitative estimate of drug-likeness (QED) is 0.244. The van der Waals surface area contributed by atoms with Gasteiger partial charge in [-0.15, -0.1) is 0 Å². The van der Waals surface area contributed by atoms with Crippen LogP contribution in [0.4, 0.5) is 0 Å². The Morgan fingerprint density at radius 3 is 2.14 bits per heavy atom. The van der Waals surface area contributed by atoms with Crippen molar-refractivity contribution in [2.45, 2.75) is 35.7 Å². The highest BCUT2D eigenvalue weighted by molar-refractivity contribution is 7.84. The van der Waals surface area contributed by atoms with E-state index in [1.165, 1.54) is 0 Å². The van der Waals surface area contributed by atoms with Gasteiger partial charge in [0.25, 0.3) is 0 Å². The zero-order valence-electron chi connectivity index (χ0n) is 23.6. The topological polar surface area (TPSA) is 136 Å². The van der Waals surface area contributed by atoms with Gasteiger partial charge in [-0.2, -0.15) is 0 Å². The van der Waals surface area contributed by atoms with Gasteiger partial charge >= 0.3 is 0 Å². The molecule has 0 amide bonds. The Kier molecular flexibility index (Phi) is 9.03. The number of imidazole rings is 2. The number of pyridine rings is 2. The van der Waals surface area contributed by atoms with Crippen molar-refractivity contribution >= 4 is 43.7 Å².